The Morgan fingerprint density at radius 3 is 1.59 bits per heavy atom. The summed E-state index contributed by atoms with van der Waals surface area (Å²) in [6.45, 7) is 3.84. The third-order valence-electron chi connectivity index (χ3n) is 3.93. The first-order valence-corrected chi connectivity index (χ1v) is 9.33. The van der Waals surface area contributed by atoms with Gasteiger partial charge in [0.2, 0.25) is 0 Å². The van der Waals surface area contributed by atoms with E-state index in [0.29, 0.717) is 6.42 Å². The maximum atomic E-state index is 11.3. The molecule has 3 heteroatoms. The van der Waals surface area contributed by atoms with Crippen LogP contribution in [-0.4, -0.2) is 17.7 Å². The minimum Gasteiger partial charge on any atom is -0.462 e. The fraction of sp³-hybridized carbons (Fsp3) is 0.895. The van der Waals surface area contributed by atoms with Crippen molar-refractivity contribution in [1.82, 2.24) is 0 Å². The van der Waals surface area contributed by atoms with Gasteiger partial charge in [0.05, 0.1) is 0 Å². The first kappa shape index (κ1) is 21.4. The van der Waals surface area contributed by atoms with Gasteiger partial charge in [0.1, 0.15) is 12.7 Å². The second-order valence-electron chi connectivity index (χ2n) is 6.39. The number of aliphatic hydroxyl groups excluding tert-OH is 1. The van der Waals surface area contributed by atoms with Crippen LogP contribution in [0.1, 0.15) is 104 Å². The van der Waals surface area contributed by atoms with Gasteiger partial charge >= 0.3 is 5.97 Å². The number of hydrogen-bond donors (Lipinski definition) is 1. The van der Waals surface area contributed by atoms with Crippen LogP contribution in [0, 0.1) is 6.10 Å². The predicted molar refractivity (Wildman–Crippen MR) is 92.1 cm³/mol. The summed E-state index contributed by atoms with van der Waals surface area (Å²) in [6.07, 6.45) is 17.6. The Morgan fingerprint density at radius 1 is 0.773 bits per heavy atom. The van der Waals surface area contributed by atoms with Crippen molar-refractivity contribution in [2.24, 2.45) is 0 Å². The first-order valence-electron chi connectivity index (χ1n) is 9.33. The number of rotatable bonds is 16. The summed E-state index contributed by atoms with van der Waals surface area (Å²) in [7, 11) is 0. The SMILES string of the molecule is CCCCCCCCCCCCCCCC(=O)OC[C](C)O. The zero-order valence-electron chi connectivity index (χ0n) is 14.9. The molecule has 0 atom stereocenters. The smallest absolute Gasteiger partial charge is 0.305 e. The molecule has 0 aromatic rings. The minimum absolute atomic E-state index is 0.0390. The lowest BCUT2D eigenvalue weighted by atomic mass is 10.0. The molecule has 3 nitrogen and oxygen atoms in total. The molecule has 0 fully saturated rings. The molecule has 0 rings (SSSR count). The standard InChI is InChI=1S/C19H37O3/c1-3-4-5-6-7-8-9-10-11-12-13-14-15-16-19(21)22-17-18(2)20/h20H,3-17H2,1-2H3. The Bertz CT molecular complexity index is 239. The third-order valence-corrected chi connectivity index (χ3v) is 3.93. The van der Waals surface area contributed by atoms with Gasteiger partial charge in [0.25, 0.3) is 0 Å². The lowest BCUT2D eigenvalue weighted by Gasteiger charge is -2.06. The van der Waals surface area contributed by atoms with Crippen LogP contribution in [0.5, 0.6) is 0 Å². The van der Waals surface area contributed by atoms with Crippen LogP contribution < -0.4 is 0 Å². The van der Waals surface area contributed by atoms with Crippen molar-refractivity contribution in [2.45, 2.75) is 104 Å². The zero-order chi connectivity index (χ0) is 16.5. The van der Waals surface area contributed by atoms with Crippen LogP contribution in [0.25, 0.3) is 0 Å². The van der Waals surface area contributed by atoms with Crippen LogP contribution in [-0.2, 0) is 9.53 Å². The highest BCUT2D eigenvalue weighted by molar-refractivity contribution is 5.69. The van der Waals surface area contributed by atoms with Gasteiger partial charge in [-0.25, -0.2) is 0 Å². The molecule has 0 aromatic carbocycles. The van der Waals surface area contributed by atoms with Gasteiger partial charge in [0, 0.05) is 6.42 Å². The summed E-state index contributed by atoms with van der Waals surface area (Å²) >= 11 is 0. The average molecular weight is 314 g/mol. The van der Waals surface area contributed by atoms with Crippen molar-refractivity contribution in [3.8, 4) is 0 Å². The van der Waals surface area contributed by atoms with Gasteiger partial charge in [-0.05, 0) is 13.3 Å². The first-order chi connectivity index (χ1) is 10.7. The zero-order valence-corrected chi connectivity index (χ0v) is 14.9. The fourth-order valence-electron chi connectivity index (χ4n) is 2.54. The second-order valence-corrected chi connectivity index (χ2v) is 6.39. The van der Waals surface area contributed by atoms with Crippen molar-refractivity contribution in [1.29, 1.82) is 0 Å². The number of aliphatic hydroxyl groups is 1. The van der Waals surface area contributed by atoms with E-state index in [9.17, 15) is 4.79 Å². The second kappa shape index (κ2) is 16.8. The molecular weight excluding hydrogens is 276 g/mol. The van der Waals surface area contributed by atoms with Crippen molar-refractivity contribution >= 4 is 5.97 Å². The largest absolute Gasteiger partial charge is 0.462 e. The molecule has 0 aliphatic carbocycles. The van der Waals surface area contributed by atoms with E-state index in [0.717, 1.165) is 12.8 Å². The number of esters is 1. The highest BCUT2D eigenvalue weighted by Crippen LogP contribution is 2.13. The van der Waals surface area contributed by atoms with Crippen molar-refractivity contribution < 1.29 is 14.6 Å². The molecule has 0 aliphatic heterocycles. The maximum Gasteiger partial charge on any atom is 0.305 e. The highest BCUT2D eigenvalue weighted by atomic mass is 16.5. The summed E-state index contributed by atoms with van der Waals surface area (Å²) in [5.74, 6) is -0.198. The van der Waals surface area contributed by atoms with E-state index in [1.807, 2.05) is 0 Å². The van der Waals surface area contributed by atoms with Crippen molar-refractivity contribution in [3.63, 3.8) is 0 Å². The molecule has 0 aliphatic rings. The molecule has 0 aromatic heterocycles. The van der Waals surface area contributed by atoms with Gasteiger partial charge in [-0.1, -0.05) is 84.0 Å². The molecule has 0 bridgehead atoms. The monoisotopic (exact) mass is 313 g/mol. The summed E-state index contributed by atoms with van der Waals surface area (Å²) in [5.41, 5.74) is 0. The number of unbranched alkanes of at least 4 members (excludes halogenated alkanes) is 12. The van der Waals surface area contributed by atoms with E-state index >= 15 is 0 Å². The molecule has 131 valence electrons. The van der Waals surface area contributed by atoms with Gasteiger partial charge in [-0.15, -0.1) is 0 Å². The van der Waals surface area contributed by atoms with Crippen LogP contribution in [0.15, 0.2) is 0 Å². The van der Waals surface area contributed by atoms with E-state index < -0.39 is 0 Å². The van der Waals surface area contributed by atoms with E-state index in [4.69, 9.17) is 9.84 Å². The number of carbonyl (C=O) groups excluding carboxylic acids is 1. The Kier molecular flexibility index (Phi) is 16.4. The summed E-state index contributed by atoms with van der Waals surface area (Å²) < 4.78 is 4.88. The highest BCUT2D eigenvalue weighted by Gasteiger charge is 2.05. The molecule has 0 spiro atoms. The van der Waals surface area contributed by atoms with Gasteiger partial charge in [0.15, 0.2) is 0 Å². The molecule has 0 heterocycles. The Balaban J connectivity index is 3.09. The molecule has 22 heavy (non-hydrogen) atoms. The van der Waals surface area contributed by atoms with Crippen molar-refractivity contribution in [3.05, 3.63) is 6.10 Å². The molecule has 0 saturated carbocycles. The lowest BCUT2D eigenvalue weighted by molar-refractivity contribution is -0.144. The van der Waals surface area contributed by atoms with Gasteiger partial charge < -0.3 is 9.84 Å². The van der Waals surface area contributed by atoms with E-state index in [1.165, 1.54) is 70.6 Å². The van der Waals surface area contributed by atoms with E-state index in [-0.39, 0.29) is 18.7 Å². The number of carbonyl (C=O) groups is 1. The predicted octanol–water partition coefficient (Wildman–Crippen LogP) is 5.94. The molecule has 0 saturated heterocycles. The lowest BCUT2D eigenvalue weighted by Crippen LogP contribution is -2.09. The Hall–Kier alpha value is -0.570. The Labute approximate surface area is 137 Å². The van der Waals surface area contributed by atoms with Crippen LogP contribution in [0.2, 0.25) is 0 Å². The molecule has 0 unspecified atom stereocenters. The molecule has 1 N–H and O–H groups in total. The topological polar surface area (TPSA) is 46.5 Å². The summed E-state index contributed by atoms with van der Waals surface area (Å²) in [6, 6.07) is 0. The quantitative estimate of drug-likeness (QED) is 0.283. The Morgan fingerprint density at radius 2 is 1.18 bits per heavy atom. The van der Waals surface area contributed by atoms with Crippen LogP contribution >= 0.6 is 0 Å². The maximum absolute atomic E-state index is 11.3. The fourth-order valence-corrected chi connectivity index (χ4v) is 2.54. The minimum atomic E-state index is -0.198. The van der Waals surface area contributed by atoms with Crippen molar-refractivity contribution in [2.75, 3.05) is 6.61 Å². The van der Waals surface area contributed by atoms with E-state index in [1.54, 1.807) is 6.92 Å². The van der Waals surface area contributed by atoms with Crippen LogP contribution in [0.3, 0.4) is 0 Å². The van der Waals surface area contributed by atoms with Crippen LogP contribution in [0.4, 0.5) is 0 Å². The van der Waals surface area contributed by atoms with Gasteiger partial charge in [-0.3, -0.25) is 4.79 Å². The number of hydrogen-bond acceptors (Lipinski definition) is 3. The number of ether oxygens (including phenoxy) is 1. The molecular formula is C19H37O3. The summed E-state index contributed by atoms with van der Waals surface area (Å²) in [4.78, 5) is 11.3. The van der Waals surface area contributed by atoms with E-state index in [2.05, 4.69) is 6.92 Å². The normalized spacial score (nSPS) is 11.1. The third kappa shape index (κ3) is 17.5. The average Bonchev–Trinajstić information content (AvgIpc) is 2.49. The summed E-state index contributed by atoms with van der Waals surface area (Å²) in [5, 5.41) is 8.92. The molecule has 1 radical (unpaired) electrons. The van der Waals surface area contributed by atoms with Gasteiger partial charge in [-0.2, -0.15) is 0 Å². The molecule has 0 amide bonds.